The number of aryl methyl sites for hydroxylation is 1. The number of nitrogens with zero attached hydrogens (tertiary/aromatic N) is 2. The SMILES string of the molecule is CCc1nccn1-c1cccc(Cl)c1CCN. The van der Waals surface area contributed by atoms with E-state index < -0.39 is 0 Å². The summed E-state index contributed by atoms with van der Waals surface area (Å²) in [7, 11) is 0. The standard InChI is InChI=1S/C13H16ClN3/c1-2-13-16-8-9-17(13)12-5-3-4-11(14)10(12)6-7-15/h3-5,8-9H,2,6-7,15H2,1H3. The minimum atomic E-state index is 0.590. The lowest BCUT2D eigenvalue weighted by molar-refractivity contribution is 0.868. The van der Waals surface area contributed by atoms with E-state index in [4.69, 9.17) is 17.3 Å². The van der Waals surface area contributed by atoms with Crippen LogP contribution in [0.2, 0.25) is 5.02 Å². The van der Waals surface area contributed by atoms with Gasteiger partial charge in [-0.15, -0.1) is 0 Å². The van der Waals surface area contributed by atoms with Crippen LogP contribution in [0.3, 0.4) is 0 Å². The molecule has 3 nitrogen and oxygen atoms in total. The van der Waals surface area contributed by atoms with Crippen molar-refractivity contribution in [3.05, 3.63) is 47.0 Å². The molecule has 0 saturated carbocycles. The Labute approximate surface area is 106 Å². The molecule has 0 unspecified atom stereocenters. The number of halogens is 1. The third-order valence-corrected chi connectivity index (χ3v) is 3.14. The van der Waals surface area contributed by atoms with Gasteiger partial charge in [-0.3, -0.25) is 0 Å². The lowest BCUT2D eigenvalue weighted by Gasteiger charge is -2.13. The first-order valence-electron chi connectivity index (χ1n) is 5.78. The fourth-order valence-corrected chi connectivity index (χ4v) is 2.24. The fraction of sp³-hybridized carbons (Fsp3) is 0.308. The summed E-state index contributed by atoms with van der Waals surface area (Å²) in [6, 6.07) is 5.91. The summed E-state index contributed by atoms with van der Waals surface area (Å²) in [5, 5.41) is 0.767. The number of hydrogen-bond donors (Lipinski definition) is 1. The Balaban J connectivity index is 2.55. The molecule has 2 N–H and O–H groups in total. The largest absolute Gasteiger partial charge is 0.330 e. The normalized spacial score (nSPS) is 10.8. The highest BCUT2D eigenvalue weighted by Crippen LogP contribution is 2.24. The second-order valence-electron chi connectivity index (χ2n) is 3.84. The molecule has 0 atom stereocenters. The molecule has 0 saturated heterocycles. The molecular weight excluding hydrogens is 234 g/mol. The highest BCUT2D eigenvalue weighted by Gasteiger charge is 2.10. The van der Waals surface area contributed by atoms with E-state index in [9.17, 15) is 0 Å². The van der Waals surface area contributed by atoms with Crippen LogP contribution < -0.4 is 5.73 Å². The van der Waals surface area contributed by atoms with E-state index in [-0.39, 0.29) is 0 Å². The Bertz CT molecular complexity index is 505. The highest BCUT2D eigenvalue weighted by molar-refractivity contribution is 6.31. The number of rotatable bonds is 4. The first kappa shape index (κ1) is 12.1. The molecule has 0 amide bonds. The molecule has 1 aromatic carbocycles. The van der Waals surface area contributed by atoms with Gasteiger partial charge in [0.15, 0.2) is 0 Å². The Hall–Kier alpha value is -1.32. The Kier molecular flexibility index (Phi) is 3.82. The second kappa shape index (κ2) is 5.34. The number of benzene rings is 1. The van der Waals surface area contributed by atoms with Gasteiger partial charge in [0.1, 0.15) is 5.82 Å². The van der Waals surface area contributed by atoms with Gasteiger partial charge in [0.25, 0.3) is 0 Å². The van der Waals surface area contributed by atoms with Crippen molar-refractivity contribution in [3.63, 3.8) is 0 Å². The van der Waals surface area contributed by atoms with E-state index in [0.717, 1.165) is 34.9 Å². The molecule has 4 heteroatoms. The number of hydrogen-bond acceptors (Lipinski definition) is 2. The van der Waals surface area contributed by atoms with Crippen molar-refractivity contribution in [2.75, 3.05) is 6.54 Å². The van der Waals surface area contributed by atoms with Gasteiger partial charge in [-0.25, -0.2) is 4.98 Å². The first-order valence-corrected chi connectivity index (χ1v) is 6.15. The van der Waals surface area contributed by atoms with Crippen molar-refractivity contribution >= 4 is 11.6 Å². The van der Waals surface area contributed by atoms with E-state index in [1.54, 1.807) is 0 Å². The van der Waals surface area contributed by atoms with Gasteiger partial charge < -0.3 is 10.3 Å². The van der Waals surface area contributed by atoms with Crippen molar-refractivity contribution in [1.82, 2.24) is 9.55 Å². The van der Waals surface area contributed by atoms with Crippen LogP contribution in [0.5, 0.6) is 0 Å². The summed E-state index contributed by atoms with van der Waals surface area (Å²) in [5.74, 6) is 1.03. The highest BCUT2D eigenvalue weighted by atomic mass is 35.5. The van der Waals surface area contributed by atoms with E-state index in [2.05, 4.69) is 22.5 Å². The summed E-state index contributed by atoms with van der Waals surface area (Å²) in [5.41, 5.74) is 7.81. The second-order valence-corrected chi connectivity index (χ2v) is 4.25. The molecule has 2 aromatic rings. The van der Waals surface area contributed by atoms with Crippen LogP contribution in [0.15, 0.2) is 30.6 Å². The van der Waals surface area contributed by atoms with Crippen LogP contribution in [0, 0.1) is 0 Å². The van der Waals surface area contributed by atoms with Gasteiger partial charge in [0, 0.05) is 23.8 Å². The van der Waals surface area contributed by atoms with Crippen molar-refractivity contribution in [3.8, 4) is 5.69 Å². The number of aromatic nitrogens is 2. The van der Waals surface area contributed by atoms with Crippen molar-refractivity contribution in [2.24, 2.45) is 5.73 Å². The Morgan fingerprint density at radius 3 is 2.94 bits per heavy atom. The van der Waals surface area contributed by atoms with E-state index >= 15 is 0 Å². The molecule has 90 valence electrons. The summed E-state index contributed by atoms with van der Waals surface area (Å²) in [6.45, 7) is 2.68. The molecule has 0 spiro atoms. The van der Waals surface area contributed by atoms with Gasteiger partial charge in [0.05, 0.1) is 5.69 Å². The first-order chi connectivity index (χ1) is 8.27. The number of imidazole rings is 1. The van der Waals surface area contributed by atoms with Gasteiger partial charge >= 0.3 is 0 Å². The quantitative estimate of drug-likeness (QED) is 0.905. The maximum Gasteiger partial charge on any atom is 0.112 e. The Morgan fingerprint density at radius 1 is 1.41 bits per heavy atom. The van der Waals surface area contributed by atoms with Gasteiger partial charge in [-0.1, -0.05) is 24.6 Å². The Morgan fingerprint density at radius 2 is 2.24 bits per heavy atom. The third kappa shape index (κ3) is 2.35. The summed E-state index contributed by atoms with van der Waals surface area (Å²) < 4.78 is 2.08. The molecule has 0 radical (unpaired) electrons. The molecule has 1 aromatic heterocycles. The predicted octanol–water partition coefficient (Wildman–Crippen LogP) is 2.59. The average Bonchev–Trinajstić information content (AvgIpc) is 2.80. The zero-order valence-corrected chi connectivity index (χ0v) is 10.6. The van der Waals surface area contributed by atoms with Gasteiger partial charge in [0.2, 0.25) is 0 Å². The van der Waals surface area contributed by atoms with Crippen LogP contribution in [0.25, 0.3) is 5.69 Å². The molecule has 17 heavy (non-hydrogen) atoms. The average molecular weight is 250 g/mol. The van der Waals surface area contributed by atoms with E-state index in [1.807, 2.05) is 24.5 Å². The van der Waals surface area contributed by atoms with Crippen LogP contribution in [0.1, 0.15) is 18.3 Å². The number of nitrogens with two attached hydrogens (primary N) is 1. The minimum absolute atomic E-state index is 0.590. The third-order valence-electron chi connectivity index (χ3n) is 2.78. The molecule has 1 heterocycles. The molecule has 0 aliphatic rings. The van der Waals surface area contributed by atoms with E-state index in [0.29, 0.717) is 6.54 Å². The summed E-state index contributed by atoms with van der Waals surface area (Å²) in [6.07, 6.45) is 5.44. The molecular formula is C13H16ClN3. The zero-order chi connectivity index (χ0) is 12.3. The fourth-order valence-electron chi connectivity index (χ4n) is 1.98. The topological polar surface area (TPSA) is 43.8 Å². The molecule has 2 rings (SSSR count). The van der Waals surface area contributed by atoms with Crippen LogP contribution >= 0.6 is 11.6 Å². The monoisotopic (exact) mass is 249 g/mol. The van der Waals surface area contributed by atoms with Gasteiger partial charge in [-0.2, -0.15) is 0 Å². The molecule has 0 bridgehead atoms. The van der Waals surface area contributed by atoms with Crippen LogP contribution in [-0.4, -0.2) is 16.1 Å². The zero-order valence-electron chi connectivity index (χ0n) is 9.86. The smallest absolute Gasteiger partial charge is 0.112 e. The predicted molar refractivity (Wildman–Crippen MR) is 70.7 cm³/mol. The summed E-state index contributed by atoms with van der Waals surface area (Å²) in [4.78, 5) is 4.33. The van der Waals surface area contributed by atoms with Gasteiger partial charge in [-0.05, 0) is 30.7 Å². The van der Waals surface area contributed by atoms with Crippen LogP contribution in [-0.2, 0) is 12.8 Å². The molecule has 0 aliphatic carbocycles. The minimum Gasteiger partial charge on any atom is -0.330 e. The van der Waals surface area contributed by atoms with E-state index in [1.165, 1.54) is 0 Å². The lowest BCUT2D eigenvalue weighted by atomic mass is 10.1. The van der Waals surface area contributed by atoms with Crippen molar-refractivity contribution < 1.29 is 0 Å². The lowest BCUT2D eigenvalue weighted by Crippen LogP contribution is -2.08. The van der Waals surface area contributed by atoms with Crippen LogP contribution in [0.4, 0.5) is 0 Å². The van der Waals surface area contributed by atoms with Crippen molar-refractivity contribution in [2.45, 2.75) is 19.8 Å². The maximum absolute atomic E-state index is 6.23. The summed E-state index contributed by atoms with van der Waals surface area (Å²) >= 11 is 6.23. The maximum atomic E-state index is 6.23. The van der Waals surface area contributed by atoms with Crippen molar-refractivity contribution in [1.29, 1.82) is 0 Å². The molecule has 0 fully saturated rings. The molecule has 0 aliphatic heterocycles.